The van der Waals surface area contributed by atoms with Gasteiger partial charge in [0.15, 0.2) is 5.83 Å². The number of allylic oxidation sites excluding steroid dienone is 13. The molecule has 3 aliphatic carbocycles. The molecule has 0 heterocycles. The molecule has 0 bridgehead atoms. The molecule has 0 N–H and O–H groups in total. The molecule has 7 nitrogen and oxygen atoms in total. The summed E-state index contributed by atoms with van der Waals surface area (Å²) >= 11 is 0. The molecule has 0 aromatic carbocycles. The Hall–Kier alpha value is -5.41. The molecule has 0 aliphatic heterocycles. The maximum Gasteiger partial charge on any atom is 0.532 e. The second-order valence-corrected chi connectivity index (χ2v) is 8.47. The Morgan fingerprint density at radius 2 is 1.50 bits per heavy atom. The molecule has 3 aliphatic rings. The fourth-order valence-corrected chi connectivity index (χ4v) is 5.01. The van der Waals surface area contributed by atoms with Crippen LogP contribution >= 0.6 is 0 Å². The molecule has 14 heteroatoms. The number of alkyl halides is 2. The summed E-state index contributed by atoms with van der Waals surface area (Å²) in [6.45, 7) is 20.9. The molecule has 0 saturated carbocycles. The Morgan fingerprint density at radius 1 is 0.895 bits per heavy atom. The van der Waals surface area contributed by atoms with Crippen LogP contribution in [0.15, 0.2) is 90.2 Å². The lowest BCUT2D eigenvalue weighted by Crippen LogP contribution is -2.12. The summed E-state index contributed by atoms with van der Waals surface area (Å²) in [4.78, 5) is 5.34. The van der Waals surface area contributed by atoms with Crippen LogP contribution < -0.4 is 0 Å². The fraction of sp³-hybridized carbons (Fsp3) is 0.0833. The average Bonchev–Trinajstić information content (AvgIpc) is 3.45. The zero-order chi connectivity index (χ0) is 28.5. The first-order chi connectivity index (χ1) is 18.0. The quantitative estimate of drug-likeness (QED) is 0.253. The molecular formula is C24H4F6N6OS. The minimum Gasteiger partial charge on any atom is -0.249 e. The summed E-state index contributed by atoms with van der Waals surface area (Å²) < 4.78 is 104. The van der Waals surface area contributed by atoms with Crippen molar-refractivity contribution >= 4 is 10.8 Å². The Bertz CT molecular complexity index is 1720. The highest BCUT2D eigenvalue weighted by molar-refractivity contribution is 7.93. The number of nitriles is 3. The molecule has 0 aromatic heterocycles. The van der Waals surface area contributed by atoms with Crippen molar-refractivity contribution in [2.45, 2.75) is 12.3 Å². The van der Waals surface area contributed by atoms with Crippen molar-refractivity contribution in [1.29, 1.82) is 15.8 Å². The van der Waals surface area contributed by atoms with Gasteiger partial charge in [0.25, 0.3) is 5.70 Å². The van der Waals surface area contributed by atoms with Crippen LogP contribution in [0.5, 0.6) is 0 Å². The van der Waals surface area contributed by atoms with E-state index in [0.29, 0.717) is 6.08 Å². The normalized spacial score (nSPS) is 22.5. The van der Waals surface area contributed by atoms with Gasteiger partial charge in [-0.1, -0.05) is 0 Å². The van der Waals surface area contributed by atoms with Gasteiger partial charge in [0, 0.05) is 11.1 Å². The number of hydrogen-bond acceptors (Lipinski definition) is 4. The highest BCUT2D eigenvalue weighted by atomic mass is 32.2. The second kappa shape index (κ2) is 10.3. The highest BCUT2D eigenvalue weighted by Gasteiger charge is 2.47. The largest absolute Gasteiger partial charge is 0.532 e. The van der Waals surface area contributed by atoms with E-state index in [2.05, 4.69) is 14.5 Å². The van der Waals surface area contributed by atoms with Crippen molar-refractivity contribution in [1.82, 2.24) is 0 Å². The first kappa shape index (κ1) is 27.2. The van der Waals surface area contributed by atoms with Gasteiger partial charge in [-0.2, -0.15) is 20.2 Å². The maximum atomic E-state index is 15.5. The van der Waals surface area contributed by atoms with Gasteiger partial charge >= 0.3 is 5.82 Å². The summed E-state index contributed by atoms with van der Waals surface area (Å²) in [7, 11) is -3.30. The van der Waals surface area contributed by atoms with E-state index in [-0.39, 0.29) is 6.08 Å². The predicted molar refractivity (Wildman–Crippen MR) is 117 cm³/mol. The number of halogens is 6. The number of hydrogen-bond donors (Lipinski definition) is 0. The van der Waals surface area contributed by atoms with Crippen molar-refractivity contribution < 1.29 is 30.6 Å². The van der Waals surface area contributed by atoms with Crippen LogP contribution in [0.2, 0.25) is 0 Å². The van der Waals surface area contributed by atoms with Gasteiger partial charge in [-0.25, -0.2) is 40.7 Å². The van der Waals surface area contributed by atoms with Gasteiger partial charge in [0.1, 0.15) is 66.3 Å². The van der Waals surface area contributed by atoms with Crippen LogP contribution in [0.3, 0.4) is 0 Å². The SMILES string of the molecule is [C-]#[N+]C([N+]#[C-])=C1C(F)=C(C2=CC(F)/C(=C(\C#N)[N+]#[C-])C2F)C(S(=O)C2=C(F)C(=C(C#N)C#N)C(F)=C2)=C1F. The van der Waals surface area contributed by atoms with Crippen molar-refractivity contribution in [2.75, 3.05) is 0 Å². The van der Waals surface area contributed by atoms with Gasteiger partial charge in [0.2, 0.25) is 0 Å². The van der Waals surface area contributed by atoms with Crippen molar-refractivity contribution in [2.24, 2.45) is 0 Å². The van der Waals surface area contributed by atoms with Gasteiger partial charge < -0.3 is 0 Å². The van der Waals surface area contributed by atoms with Crippen molar-refractivity contribution in [3.8, 4) is 18.2 Å². The van der Waals surface area contributed by atoms with E-state index in [1.807, 2.05) is 0 Å². The van der Waals surface area contributed by atoms with E-state index in [0.717, 1.165) is 0 Å². The molecule has 0 aromatic rings. The predicted octanol–water partition coefficient (Wildman–Crippen LogP) is 5.91. The molecular weight excluding hydrogens is 534 g/mol. The minimum absolute atomic E-state index is 0.212. The van der Waals surface area contributed by atoms with Crippen LogP contribution in [0.4, 0.5) is 26.3 Å². The van der Waals surface area contributed by atoms with Gasteiger partial charge in [-0.05, 0) is 17.7 Å². The molecule has 38 heavy (non-hydrogen) atoms. The summed E-state index contributed by atoms with van der Waals surface area (Å²) in [6.07, 6.45) is -4.72. The topological polar surface area (TPSA) is 102 Å². The van der Waals surface area contributed by atoms with Crippen LogP contribution in [0.1, 0.15) is 0 Å². The zero-order valence-electron chi connectivity index (χ0n) is 18.1. The fourth-order valence-electron chi connectivity index (χ4n) is 3.65. The maximum absolute atomic E-state index is 15.5. The molecule has 0 radical (unpaired) electrons. The Labute approximate surface area is 212 Å². The Balaban J connectivity index is 2.38. The van der Waals surface area contributed by atoms with E-state index in [1.54, 1.807) is 0 Å². The highest BCUT2D eigenvalue weighted by Crippen LogP contribution is 2.51. The summed E-state index contributed by atoms with van der Waals surface area (Å²) in [5.74, 6) is -8.36. The average molecular weight is 538 g/mol. The van der Waals surface area contributed by atoms with Crippen molar-refractivity contribution in [3.63, 3.8) is 0 Å². The third-order valence-electron chi connectivity index (χ3n) is 5.26. The lowest BCUT2D eigenvalue weighted by molar-refractivity contribution is 0.386. The van der Waals surface area contributed by atoms with E-state index in [9.17, 15) is 17.4 Å². The van der Waals surface area contributed by atoms with Crippen LogP contribution in [0, 0.1) is 53.7 Å². The molecule has 184 valence electrons. The van der Waals surface area contributed by atoms with E-state index in [4.69, 9.17) is 35.5 Å². The standard InChI is InChI=1S/C24H4F6N6OS/c1-34-13(8-33)17-11(25)4-10(19(17)27)16-21(29)18(24(35-2)36-3)22(30)23(16)38(37)14-5-12(26)15(20(14)28)9(6-31)7-32/h4-5,11,19H/b17-13-. The first-order valence-electron chi connectivity index (χ1n) is 9.60. The Kier molecular flexibility index (Phi) is 7.36. The molecule has 0 amide bonds. The monoisotopic (exact) mass is 538 g/mol. The van der Waals surface area contributed by atoms with Crippen molar-refractivity contribution in [3.05, 3.63) is 124 Å². The summed E-state index contributed by atoms with van der Waals surface area (Å²) in [5.41, 5.74) is -8.24. The lowest BCUT2D eigenvalue weighted by Gasteiger charge is -2.13. The third kappa shape index (κ3) is 3.93. The van der Waals surface area contributed by atoms with E-state index < -0.39 is 101 Å². The number of rotatable bonds is 3. The van der Waals surface area contributed by atoms with Gasteiger partial charge in [0.05, 0.1) is 38.8 Å². The molecule has 3 rings (SSSR count). The van der Waals surface area contributed by atoms with E-state index >= 15 is 13.2 Å². The Morgan fingerprint density at radius 3 is 2.00 bits per heavy atom. The van der Waals surface area contributed by atoms with Gasteiger partial charge in [-0.3, -0.25) is 0 Å². The van der Waals surface area contributed by atoms with Crippen LogP contribution in [-0.2, 0) is 10.8 Å². The van der Waals surface area contributed by atoms with E-state index in [1.165, 1.54) is 18.2 Å². The molecule has 0 saturated heterocycles. The first-order valence-corrected chi connectivity index (χ1v) is 10.7. The lowest BCUT2D eigenvalue weighted by atomic mass is 10.0. The summed E-state index contributed by atoms with van der Waals surface area (Å²) in [5, 5.41) is 26.8. The smallest absolute Gasteiger partial charge is 0.249 e. The molecule has 3 atom stereocenters. The zero-order valence-corrected chi connectivity index (χ0v) is 18.9. The summed E-state index contributed by atoms with van der Waals surface area (Å²) in [6, 6.07) is 3.66. The second-order valence-electron chi connectivity index (χ2n) is 7.08. The van der Waals surface area contributed by atoms with Crippen LogP contribution in [0.25, 0.3) is 14.5 Å². The minimum atomic E-state index is -3.30. The van der Waals surface area contributed by atoms with Gasteiger partial charge in [-0.15, -0.1) is 0 Å². The van der Waals surface area contributed by atoms with Crippen LogP contribution in [-0.4, -0.2) is 16.6 Å². The third-order valence-corrected chi connectivity index (χ3v) is 6.71. The molecule has 0 fully saturated rings. The number of nitrogens with zero attached hydrogens (tertiary/aromatic N) is 6. The molecule has 3 unspecified atom stereocenters. The molecule has 0 spiro atoms.